The third kappa shape index (κ3) is 4.40. The number of hydrogen-bond acceptors (Lipinski definition) is 2. The molecule has 0 radical (unpaired) electrons. The molecule has 18 heavy (non-hydrogen) atoms. The van der Waals surface area contributed by atoms with Gasteiger partial charge in [-0.15, -0.1) is 0 Å². The summed E-state index contributed by atoms with van der Waals surface area (Å²) in [6.45, 7) is 22.8. The average molecular weight is 254 g/mol. The topological polar surface area (TPSA) is 38.0 Å². The lowest BCUT2D eigenvalue weighted by molar-refractivity contribution is 0.0576. The molecule has 108 valence electrons. The maximum absolute atomic E-state index is 5.74. The van der Waals surface area contributed by atoms with Crippen molar-refractivity contribution in [1.29, 1.82) is 0 Å². The van der Waals surface area contributed by atoms with Crippen molar-refractivity contribution in [3.05, 3.63) is 12.2 Å². The normalized spacial score (nSPS) is 16.8. The van der Waals surface area contributed by atoms with Crippen LogP contribution in [0.25, 0.3) is 0 Å². The summed E-state index contributed by atoms with van der Waals surface area (Å²) in [6.07, 6.45) is 0.923. The van der Waals surface area contributed by atoms with Crippen LogP contribution in [0.5, 0.6) is 0 Å². The Hall–Kier alpha value is -0.340. The van der Waals surface area contributed by atoms with E-state index in [1.54, 1.807) is 0 Å². The summed E-state index contributed by atoms with van der Waals surface area (Å²) < 4.78 is 0. The number of rotatable bonds is 6. The van der Waals surface area contributed by atoms with Gasteiger partial charge in [-0.05, 0) is 45.4 Å². The van der Waals surface area contributed by atoms with Crippen LogP contribution < -0.4 is 11.1 Å². The van der Waals surface area contributed by atoms with Gasteiger partial charge in [0.2, 0.25) is 0 Å². The van der Waals surface area contributed by atoms with Gasteiger partial charge in [-0.1, -0.05) is 39.8 Å². The van der Waals surface area contributed by atoms with Crippen molar-refractivity contribution in [2.45, 2.75) is 72.9 Å². The summed E-state index contributed by atoms with van der Waals surface area (Å²) in [6, 6.07) is 0. The fourth-order valence-electron chi connectivity index (χ4n) is 2.47. The lowest BCUT2D eigenvalue weighted by Crippen LogP contribution is -2.61. The van der Waals surface area contributed by atoms with E-state index in [0.29, 0.717) is 12.5 Å². The zero-order valence-electron chi connectivity index (χ0n) is 13.8. The number of nitrogens with two attached hydrogens (primary N) is 1. The first kappa shape index (κ1) is 17.7. The molecule has 3 N–H and O–H groups in total. The predicted octanol–water partition coefficient (Wildman–Crippen LogP) is 3.72. The Morgan fingerprint density at radius 1 is 1.11 bits per heavy atom. The maximum atomic E-state index is 5.74. The van der Waals surface area contributed by atoms with Gasteiger partial charge in [0, 0.05) is 17.6 Å². The molecule has 0 aliphatic heterocycles. The first-order valence-electron chi connectivity index (χ1n) is 7.02. The number of hydrogen-bond donors (Lipinski definition) is 2. The molecule has 0 aliphatic rings. The van der Waals surface area contributed by atoms with E-state index in [1.807, 2.05) is 0 Å². The molecule has 0 aromatic heterocycles. The van der Waals surface area contributed by atoms with Gasteiger partial charge < -0.3 is 11.1 Å². The fourth-order valence-corrected chi connectivity index (χ4v) is 2.47. The second-order valence-electron chi connectivity index (χ2n) is 7.71. The van der Waals surface area contributed by atoms with Crippen LogP contribution in [0.2, 0.25) is 0 Å². The van der Waals surface area contributed by atoms with E-state index in [-0.39, 0.29) is 16.5 Å². The molecule has 1 unspecified atom stereocenters. The second kappa shape index (κ2) is 5.75. The molecule has 0 saturated heterocycles. The zero-order valence-corrected chi connectivity index (χ0v) is 13.8. The Kier molecular flexibility index (Phi) is 5.64. The van der Waals surface area contributed by atoms with Gasteiger partial charge in [0.05, 0.1) is 0 Å². The number of nitrogens with one attached hydrogen (secondary N) is 1. The van der Waals surface area contributed by atoms with Crippen LogP contribution in [-0.4, -0.2) is 17.6 Å². The molecule has 0 aromatic carbocycles. The zero-order chi connectivity index (χ0) is 14.8. The van der Waals surface area contributed by atoms with Crippen molar-refractivity contribution in [3.8, 4) is 0 Å². The molecular weight excluding hydrogens is 220 g/mol. The summed E-state index contributed by atoms with van der Waals surface area (Å²) in [5.74, 6) is 0.586. The van der Waals surface area contributed by atoms with Crippen LogP contribution >= 0.6 is 0 Å². The van der Waals surface area contributed by atoms with Crippen LogP contribution in [0.15, 0.2) is 12.2 Å². The first-order valence-corrected chi connectivity index (χ1v) is 7.02. The first-order chi connectivity index (χ1) is 7.85. The summed E-state index contributed by atoms with van der Waals surface area (Å²) in [5, 5.41) is 3.80. The molecule has 0 aromatic rings. The molecule has 0 bridgehead atoms. The van der Waals surface area contributed by atoms with Crippen LogP contribution in [0.3, 0.4) is 0 Å². The minimum absolute atomic E-state index is 0.00410. The van der Waals surface area contributed by atoms with E-state index in [9.17, 15) is 0 Å². The molecular formula is C16H34N2. The van der Waals surface area contributed by atoms with E-state index < -0.39 is 0 Å². The Balaban J connectivity index is 5.34. The Morgan fingerprint density at radius 2 is 1.56 bits per heavy atom. The molecule has 1 atom stereocenters. The quantitative estimate of drug-likeness (QED) is 0.709. The largest absolute Gasteiger partial charge is 0.327 e. The van der Waals surface area contributed by atoms with Crippen molar-refractivity contribution in [2.75, 3.05) is 6.54 Å². The van der Waals surface area contributed by atoms with Gasteiger partial charge in [0.25, 0.3) is 0 Å². The lowest BCUT2D eigenvalue weighted by atomic mass is 9.63. The van der Waals surface area contributed by atoms with Crippen molar-refractivity contribution in [2.24, 2.45) is 17.1 Å². The highest BCUT2D eigenvalue weighted by atomic mass is 15.1. The van der Waals surface area contributed by atoms with E-state index >= 15 is 0 Å². The summed E-state index contributed by atoms with van der Waals surface area (Å²) in [7, 11) is 0. The summed E-state index contributed by atoms with van der Waals surface area (Å²) in [4.78, 5) is 0. The molecule has 0 saturated carbocycles. The van der Waals surface area contributed by atoms with E-state index in [0.717, 1.165) is 12.0 Å². The predicted molar refractivity (Wildman–Crippen MR) is 82.7 cm³/mol. The SMILES string of the molecule is C=C(CN)CC(C)(NC(C)(C)C)C(C)(C)C(C)C. The molecule has 0 amide bonds. The average Bonchev–Trinajstić information content (AvgIpc) is 2.13. The van der Waals surface area contributed by atoms with Gasteiger partial charge in [-0.25, -0.2) is 0 Å². The van der Waals surface area contributed by atoms with Crippen molar-refractivity contribution >= 4 is 0 Å². The lowest BCUT2D eigenvalue weighted by Gasteiger charge is -2.51. The van der Waals surface area contributed by atoms with E-state index in [4.69, 9.17) is 5.73 Å². The van der Waals surface area contributed by atoms with Crippen LogP contribution in [0, 0.1) is 11.3 Å². The van der Waals surface area contributed by atoms with Gasteiger partial charge >= 0.3 is 0 Å². The fraction of sp³-hybridized carbons (Fsp3) is 0.875. The Labute approximate surface area is 114 Å². The second-order valence-corrected chi connectivity index (χ2v) is 7.71. The Morgan fingerprint density at radius 3 is 1.83 bits per heavy atom. The highest BCUT2D eigenvalue weighted by molar-refractivity contribution is 5.11. The highest BCUT2D eigenvalue weighted by Gasteiger charge is 2.44. The van der Waals surface area contributed by atoms with E-state index in [2.05, 4.69) is 67.3 Å². The molecule has 0 fully saturated rings. The van der Waals surface area contributed by atoms with Gasteiger partial charge in [0.1, 0.15) is 0 Å². The maximum Gasteiger partial charge on any atom is 0.0248 e. The molecule has 2 heteroatoms. The highest BCUT2D eigenvalue weighted by Crippen LogP contribution is 2.42. The van der Waals surface area contributed by atoms with Gasteiger partial charge in [-0.2, -0.15) is 0 Å². The Bertz CT molecular complexity index is 284. The van der Waals surface area contributed by atoms with Crippen molar-refractivity contribution in [1.82, 2.24) is 5.32 Å². The van der Waals surface area contributed by atoms with Gasteiger partial charge in [-0.3, -0.25) is 0 Å². The molecule has 0 aliphatic carbocycles. The third-order valence-corrected chi connectivity index (χ3v) is 4.41. The van der Waals surface area contributed by atoms with Crippen molar-refractivity contribution < 1.29 is 0 Å². The van der Waals surface area contributed by atoms with Crippen molar-refractivity contribution in [3.63, 3.8) is 0 Å². The summed E-state index contributed by atoms with van der Waals surface area (Å²) in [5.41, 5.74) is 7.09. The van der Waals surface area contributed by atoms with Gasteiger partial charge in [0.15, 0.2) is 0 Å². The third-order valence-electron chi connectivity index (χ3n) is 4.41. The van der Waals surface area contributed by atoms with Crippen LogP contribution in [0.4, 0.5) is 0 Å². The van der Waals surface area contributed by atoms with Crippen LogP contribution in [0.1, 0.15) is 61.8 Å². The monoisotopic (exact) mass is 254 g/mol. The summed E-state index contributed by atoms with van der Waals surface area (Å²) >= 11 is 0. The van der Waals surface area contributed by atoms with E-state index in [1.165, 1.54) is 0 Å². The minimum Gasteiger partial charge on any atom is -0.327 e. The standard InChI is InChI=1S/C16H34N2/c1-12(2)15(7,8)16(9,10-13(3)11-17)18-14(4,5)6/h12,18H,3,10-11,17H2,1-2,4-9H3. The van der Waals surface area contributed by atoms with Crippen LogP contribution in [-0.2, 0) is 0 Å². The molecule has 0 heterocycles. The molecule has 2 nitrogen and oxygen atoms in total. The minimum atomic E-state index is -0.00410. The molecule has 0 spiro atoms. The smallest absolute Gasteiger partial charge is 0.0248 e. The molecule has 0 rings (SSSR count).